The molecule has 0 bridgehead atoms. The quantitative estimate of drug-likeness (QED) is 0.460. The second kappa shape index (κ2) is 9.83. The lowest BCUT2D eigenvalue weighted by atomic mass is 9.65. The summed E-state index contributed by atoms with van der Waals surface area (Å²) in [7, 11) is 0. The molecule has 1 aliphatic heterocycles. The normalized spacial score (nSPS) is 27.3. The van der Waals surface area contributed by atoms with Crippen molar-refractivity contribution in [2.75, 3.05) is 19.8 Å². The van der Waals surface area contributed by atoms with E-state index in [0.29, 0.717) is 29.4 Å². The Morgan fingerprint density at radius 2 is 1.86 bits per heavy atom. The molecule has 2 fully saturated rings. The molecule has 35 heavy (non-hydrogen) atoms. The number of phenols is 1. The molecule has 4 nitrogen and oxygen atoms in total. The Kier molecular flexibility index (Phi) is 6.42. The zero-order valence-electron chi connectivity index (χ0n) is 20.4. The molecule has 1 N–H and O–H groups in total. The second-order valence-corrected chi connectivity index (χ2v) is 10.7. The maximum atomic E-state index is 10.1. The van der Waals surface area contributed by atoms with Crippen LogP contribution in [0.1, 0.15) is 67.1 Å². The topological polar surface area (TPSA) is 47.9 Å². The number of rotatable bonds is 7. The van der Waals surface area contributed by atoms with Crippen molar-refractivity contribution < 1.29 is 19.3 Å². The van der Waals surface area contributed by atoms with Crippen molar-refractivity contribution in [2.45, 2.75) is 62.6 Å². The lowest BCUT2D eigenvalue weighted by molar-refractivity contribution is -0.231. The molecule has 0 aromatic heterocycles. The summed E-state index contributed by atoms with van der Waals surface area (Å²) in [6, 6.07) is 16.9. The molecule has 1 saturated heterocycles. The van der Waals surface area contributed by atoms with Gasteiger partial charge >= 0.3 is 0 Å². The van der Waals surface area contributed by atoms with Crippen LogP contribution < -0.4 is 0 Å². The van der Waals surface area contributed by atoms with E-state index in [2.05, 4.69) is 54.6 Å². The maximum Gasteiger partial charge on any atom is 0.169 e. The number of hydrogen-bond acceptors (Lipinski definition) is 4. The zero-order valence-corrected chi connectivity index (χ0v) is 20.4. The van der Waals surface area contributed by atoms with Gasteiger partial charge in [-0.3, -0.25) is 0 Å². The van der Waals surface area contributed by atoms with Crippen molar-refractivity contribution in [1.82, 2.24) is 0 Å². The van der Waals surface area contributed by atoms with E-state index in [1.165, 1.54) is 23.1 Å². The molecule has 6 rings (SSSR count). The third-order valence-corrected chi connectivity index (χ3v) is 8.47. The highest BCUT2D eigenvalue weighted by molar-refractivity contribution is 5.43. The van der Waals surface area contributed by atoms with E-state index in [1.807, 2.05) is 12.1 Å². The molecule has 2 aromatic carbocycles. The average Bonchev–Trinajstić information content (AvgIpc) is 3.37. The Hall–Kier alpha value is -2.56. The Labute approximate surface area is 208 Å². The van der Waals surface area contributed by atoms with Crippen LogP contribution in [0.3, 0.4) is 0 Å². The summed E-state index contributed by atoms with van der Waals surface area (Å²) >= 11 is 0. The lowest BCUT2D eigenvalue weighted by Gasteiger charge is -2.43. The van der Waals surface area contributed by atoms with Gasteiger partial charge in [0, 0.05) is 12.8 Å². The summed E-state index contributed by atoms with van der Waals surface area (Å²) in [5.74, 6) is 3.16. The zero-order chi connectivity index (χ0) is 23.7. The highest BCUT2D eigenvalue weighted by Crippen LogP contribution is 2.49. The van der Waals surface area contributed by atoms with E-state index < -0.39 is 0 Å². The van der Waals surface area contributed by atoms with Crippen molar-refractivity contribution in [3.8, 4) is 5.75 Å². The van der Waals surface area contributed by atoms with E-state index >= 15 is 0 Å². The number of aromatic hydroxyl groups is 1. The summed E-state index contributed by atoms with van der Waals surface area (Å²) in [5, 5.41) is 10.1. The van der Waals surface area contributed by atoms with Gasteiger partial charge in [0.15, 0.2) is 5.79 Å². The molecule has 0 radical (unpaired) electrons. The minimum atomic E-state index is -0.233. The van der Waals surface area contributed by atoms with Crippen LogP contribution in [0.5, 0.6) is 5.75 Å². The fourth-order valence-electron chi connectivity index (χ4n) is 6.75. The van der Waals surface area contributed by atoms with Crippen LogP contribution in [0.15, 0.2) is 72.5 Å². The van der Waals surface area contributed by atoms with Crippen LogP contribution in [0.4, 0.5) is 0 Å². The first-order chi connectivity index (χ1) is 17.2. The number of fused-ring (bicyclic) bond motifs is 1. The van der Waals surface area contributed by atoms with Gasteiger partial charge in [0.1, 0.15) is 11.5 Å². The Morgan fingerprint density at radius 1 is 1.03 bits per heavy atom. The first-order valence-corrected chi connectivity index (χ1v) is 13.3. The Balaban J connectivity index is 1.07. The van der Waals surface area contributed by atoms with Gasteiger partial charge in [0.2, 0.25) is 0 Å². The Morgan fingerprint density at radius 3 is 2.63 bits per heavy atom. The summed E-state index contributed by atoms with van der Waals surface area (Å²) in [6.07, 6.45) is 14.3. The third kappa shape index (κ3) is 4.79. The van der Waals surface area contributed by atoms with Crippen LogP contribution in [-0.4, -0.2) is 30.7 Å². The fourth-order valence-corrected chi connectivity index (χ4v) is 6.75. The molecule has 3 atom stereocenters. The molecule has 2 aromatic rings. The molecule has 184 valence electrons. The molecule has 4 aliphatic rings. The SMILES string of the molecule is Oc1ccc2c(c1)CC[C@H](c1ccccc1)[C@@H]2C1C=CC(OCCCC2CC3(C2)OCCO3)=CC1. The smallest absolute Gasteiger partial charge is 0.169 e. The van der Waals surface area contributed by atoms with Gasteiger partial charge in [-0.05, 0) is 96.8 Å². The maximum absolute atomic E-state index is 10.1. The number of aryl methyl sites for hydroxylation is 1. The summed E-state index contributed by atoms with van der Waals surface area (Å²) < 4.78 is 17.6. The molecule has 1 unspecified atom stereocenters. The number of phenolic OH excluding ortho intramolecular Hbond substituents is 1. The first-order valence-electron chi connectivity index (χ1n) is 13.3. The van der Waals surface area contributed by atoms with E-state index in [4.69, 9.17) is 14.2 Å². The number of benzene rings is 2. The predicted octanol–water partition coefficient (Wildman–Crippen LogP) is 6.62. The van der Waals surface area contributed by atoms with Crippen LogP contribution >= 0.6 is 0 Å². The summed E-state index contributed by atoms with van der Waals surface area (Å²) in [5.41, 5.74) is 4.11. The minimum absolute atomic E-state index is 0.233. The van der Waals surface area contributed by atoms with Crippen molar-refractivity contribution in [3.63, 3.8) is 0 Å². The average molecular weight is 473 g/mol. The molecule has 1 saturated carbocycles. The van der Waals surface area contributed by atoms with Gasteiger partial charge in [-0.2, -0.15) is 0 Å². The molecule has 0 amide bonds. The predicted molar refractivity (Wildman–Crippen MR) is 136 cm³/mol. The van der Waals surface area contributed by atoms with Gasteiger partial charge in [0.05, 0.1) is 19.8 Å². The molecular weight excluding hydrogens is 436 g/mol. The number of allylic oxidation sites excluding steroid dienone is 3. The van der Waals surface area contributed by atoms with Gasteiger partial charge in [-0.15, -0.1) is 0 Å². The van der Waals surface area contributed by atoms with Crippen LogP contribution in [-0.2, 0) is 20.6 Å². The van der Waals surface area contributed by atoms with Gasteiger partial charge in [0.25, 0.3) is 0 Å². The van der Waals surface area contributed by atoms with Crippen molar-refractivity contribution in [2.24, 2.45) is 11.8 Å². The van der Waals surface area contributed by atoms with E-state index in [9.17, 15) is 5.11 Å². The Bertz CT molecular complexity index is 1070. The lowest BCUT2D eigenvalue weighted by Crippen LogP contribution is -2.44. The van der Waals surface area contributed by atoms with Crippen LogP contribution in [0, 0.1) is 11.8 Å². The molecule has 1 spiro atoms. The van der Waals surface area contributed by atoms with E-state index in [0.717, 1.165) is 64.1 Å². The molecular formula is C31H36O4. The van der Waals surface area contributed by atoms with Gasteiger partial charge < -0.3 is 19.3 Å². The van der Waals surface area contributed by atoms with E-state index in [-0.39, 0.29) is 5.79 Å². The van der Waals surface area contributed by atoms with Crippen molar-refractivity contribution in [3.05, 3.63) is 89.2 Å². The van der Waals surface area contributed by atoms with Crippen molar-refractivity contribution in [1.29, 1.82) is 0 Å². The monoisotopic (exact) mass is 472 g/mol. The van der Waals surface area contributed by atoms with Crippen LogP contribution in [0.2, 0.25) is 0 Å². The summed E-state index contributed by atoms with van der Waals surface area (Å²) in [4.78, 5) is 0. The van der Waals surface area contributed by atoms with Crippen LogP contribution in [0.25, 0.3) is 0 Å². The molecule has 4 heteroatoms. The fraction of sp³-hybridized carbons (Fsp3) is 0.484. The number of hydrogen-bond donors (Lipinski definition) is 1. The first kappa shape index (κ1) is 22.9. The summed E-state index contributed by atoms with van der Waals surface area (Å²) in [6.45, 7) is 2.26. The van der Waals surface area contributed by atoms with Gasteiger partial charge in [-0.25, -0.2) is 0 Å². The third-order valence-electron chi connectivity index (χ3n) is 8.47. The molecule has 3 aliphatic carbocycles. The highest BCUT2D eigenvalue weighted by atomic mass is 16.7. The standard InChI is InChI=1S/C31H36O4/c32-26-11-15-29-25(19-26)10-14-28(23-6-2-1-3-7-23)30(29)24-8-12-27(13-9-24)33-16-4-5-22-20-31(21-22)34-17-18-35-31/h1-3,6-8,11-13,15,19,22,24,28,30,32H,4-5,9-10,14,16-18,20-21H2/t24?,28-,30+/m1/s1. The number of ether oxygens (including phenoxy) is 3. The van der Waals surface area contributed by atoms with Crippen molar-refractivity contribution >= 4 is 0 Å². The largest absolute Gasteiger partial charge is 0.508 e. The molecule has 1 heterocycles. The van der Waals surface area contributed by atoms with Gasteiger partial charge in [-0.1, -0.05) is 42.5 Å². The van der Waals surface area contributed by atoms with E-state index in [1.54, 1.807) is 0 Å². The second-order valence-electron chi connectivity index (χ2n) is 10.7. The minimum Gasteiger partial charge on any atom is -0.508 e. The highest BCUT2D eigenvalue weighted by Gasteiger charge is 2.48.